The van der Waals surface area contributed by atoms with E-state index in [1.807, 2.05) is 17.9 Å². The molecule has 2 atom stereocenters. The molecule has 6 bridgehead atoms. The van der Waals surface area contributed by atoms with Crippen molar-refractivity contribution in [3.05, 3.63) is 58.1 Å². The van der Waals surface area contributed by atoms with Gasteiger partial charge in [0.1, 0.15) is 23.5 Å². The summed E-state index contributed by atoms with van der Waals surface area (Å²) in [4.78, 5) is 24.7. The first-order valence-electron chi connectivity index (χ1n) is 15.9. The Hall–Kier alpha value is -3.12. The molecule has 12 heteroatoms. The Bertz CT molecular complexity index is 1600. The normalized spacial score (nSPS) is 23.5. The molecule has 2 aliphatic rings. The third-order valence-electron chi connectivity index (χ3n) is 9.08. The number of aryl methyl sites for hydroxylation is 1. The molecule has 0 aliphatic carbocycles. The quantitative estimate of drug-likeness (QED) is 0.387. The van der Waals surface area contributed by atoms with E-state index in [0.717, 1.165) is 44.9 Å². The Morgan fingerprint density at radius 3 is 2.43 bits per heavy atom. The summed E-state index contributed by atoms with van der Waals surface area (Å²) in [6, 6.07) is 7.85. The second-order valence-electron chi connectivity index (χ2n) is 12.4. The van der Waals surface area contributed by atoms with Crippen LogP contribution < -0.4 is 21.5 Å². The molecule has 4 heterocycles. The van der Waals surface area contributed by atoms with Crippen LogP contribution in [0.15, 0.2) is 41.5 Å². The van der Waals surface area contributed by atoms with Gasteiger partial charge in [-0.15, -0.1) is 0 Å². The lowest BCUT2D eigenvalue weighted by Gasteiger charge is -2.29. The van der Waals surface area contributed by atoms with Gasteiger partial charge in [-0.3, -0.25) is 9.36 Å². The summed E-state index contributed by atoms with van der Waals surface area (Å²) in [7, 11) is -3.14. The third-order valence-corrected chi connectivity index (χ3v) is 10.7. The van der Waals surface area contributed by atoms with Crippen LogP contribution in [0.25, 0.3) is 11.0 Å². The molecule has 1 fully saturated rings. The van der Waals surface area contributed by atoms with Crippen molar-refractivity contribution < 1.29 is 17.2 Å². The van der Waals surface area contributed by atoms with Crippen molar-refractivity contribution in [3.63, 3.8) is 0 Å². The maximum atomic E-state index is 15.5. The van der Waals surface area contributed by atoms with Gasteiger partial charge in [0.05, 0.1) is 16.9 Å². The highest BCUT2D eigenvalue weighted by Crippen LogP contribution is 2.37. The van der Waals surface area contributed by atoms with E-state index in [9.17, 15) is 13.2 Å². The van der Waals surface area contributed by atoms with E-state index in [4.69, 9.17) is 5.73 Å². The van der Waals surface area contributed by atoms with E-state index in [2.05, 4.69) is 15.3 Å². The summed E-state index contributed by atoms with van der Waals surface area (Å²) in [5, 5.41) is 4.01. The number of anilines is 2. The molecule has 1 aromatic carbocycles. The zero-order valence-corrected chi connectivity index (χ0v) is 26.3. The molecule has 0 amide bonds. The number of nitrogens with one attached hydrogen (secondary N) is 1. The number of nitrogens with two attached hydrogens (primary N) is 1. The summed E-state index contributed by atoms with van der Waals surface area (Å²) in [6.45, 7) is 3.08. The number of aromatic nitrogens is 3. The van der Waals surface area contributed by atoms with Crippen LogP contribution in [0, 0.1) is 5.92 Å². The number of alkyl halides is 2. The smallest absolute Gasteiger partial charge is 0.275 e. The zero-order valence-electron chi connectivity index (χ0n) is 25.5. The molecule has 1 saturated heterocycles. The van der Waals surface area contributed by atoms with Gasteiger partial charge in [0.2, 0.25) is 0 Å². The lowest BCUT2D eigenvalue weighted by molar-refractivity contribution is -0.0293. The maximum Gasteiger partial charge on any atom is 0.275 e. The van der Waals surface area contributed by atoms with E-state index >= 15 is 8.78 Å². The van der Waals surface area contributed by atoms with Gasteiger partial charge in [-0.1, -0.05) is 56.7 Å². The molecule has 9 nitrogen and oxygen atoms in total. The lowest BCUT2D eigenvalue weighted by atomic mass is 9.90. The second-order valence-corrected chi connectivity index (χ2v) is 14.7. The van der Waals surface area contributed by atoms with E-state index in [1.54, 1.807) is 22.8 Å². The van der Waals surface area contributed by atoms with Gasteiger partial charge in [-0.2, -0.15) is 0 Å². The predicted molar refractivity (Wildman–Crippen MR) is 171 cm³/mol. The SMILES string of the molecule is C[C@H]1Nc2ncnc3c2cc(N2CCS(=O)(=O)CC2)c(=O)n3CCCCCCCCCC(CN)CC(F)(F)c2cccc1c2. The van der Waals surface area contributed by atoms with Crippen molar-refractivity contribution in [3.8, 4) is 0 Å². The standard InChI is InChI=1S/C32H44F2N6O3S/c1-23-25-11-9-12-26(18-25)32(33,34)20-24(21-35)10-7-5-3-2-4-6-8-13-40-30-27(29(38-23)36-22-37-30)19-28(31(40)41)39-14-16-44(42,43)17-15-39/h9,11-12,18-19,22-24H,2-8,10,13-17,20-21,35H2,1H3,(H,36,37,38)/t23-,24?/m1/s1. The number of sulfone groups is 1. The van der Waals surface area contributed by atoms with Crippen LogP contribution in [0.5, 0.6) is 0 Å². The van der Waals surface area contributed by atoms with Crippen molar-refractivity contribution in [1.29, 1.82) is 0 Å². The Balaban J connectivity index is 1.54. The molecule has 2 aliphatic heterocycles. The van der Waals surface area contributed by atoms with Gasteiger partial charge in [0.15, 0.2) is 9.84 Å². The van der Waals surface area contributed by atoms with E-state index in [-0.39, 0.29) is 60.6 Å². The average molecular weight is 631 g/mol. The first-order chi connectivity index (χ1) is 21.1. The van der Waals surface area contributed by atoms with Crippen molar-refractivity contribution in [2.45, 2.75) is 83.2 Å². The summed E-state index contributed by atoms with van der Waals surface area (Å²) in [5.41, 5.74) is 7.30. The molecule has 0 saturated carbocycles. The van der Waals surface area contributed by atoms with Crippen LogP contribution in [-0.2, 0) is 22.3 Å². The van der Waals surface area contributed by atoms with Gasteiger partial charge in [0.25, 0.3) is 11.5 Å². The fourth-order valence-electron chi connectivity index (χ4n) is 6.36. The Kier molecular flexibility index (Phi) is 10.2. The monoisotopic (exact) mass is 630 g/mol. The number of pyridine rings is 1. The van der Waals surface area contributed by atoms with Crippen molar-refractivity contribution >= 4 is 32.4 Å². The Labute approximate surface area is 258 Å². The molecule has 3 aromatic rings. The summed E-state index contributed by atoms with van der Waals surface area (Å²) in [5.74, 6) is -2.79. The van der Waals surface area contributed by atoms with Crippen molar-refractivity contribution in [2.24, 2.45) is 11.7 Å². The molecule has 3 N–H and O–H groups in total. The van der Waals surface area contributed by atoms with Gasteiger partial charge in [-0.05, 0) is 49.9 Å². The van der Waals surface area contributed by atoms with E-state index in [0.29, 0.717) is 41.1 Å². The van der Waals surface area contributed by atoms with Crippen molar-refractivity contribution in [2.75, 3.05) is 41.4 Å². The van der Waals surface area contributed by atoms with Crippen LogP contribution in [0.4, 0.5) is 20.3 Å². The highest BCUT2D eigenvalue weighted by molar-refractivity contribution is 7.91. The number of fused-ring (bicyclic) bond motifs is 2. The first kappa shape index (κ1) is 32.3. The number of hydrogen-bond acceptors (Lipinski definition) is 8. The highest BCUT2D eigenvalue weighted by atomic mass is 32.2. The van der Waals surface area contributed by atoms with E-state index in [1.165, 1.54) is 12.4 Å². The van der Waals surface area contributed by atoms with Crippen LogP contribution in [0.2, 0.25) is 0 Å². The largest absolute Gasteiger partial charge is 0.365 e. The maximum absolute atomic E-state index is 15.5. The zero-order chi connectivity index (χ0) is 31.3. The molecule has 1 unspecified atom stereocenters. The average Bonchev–Trinajstić information content (AvgIpc) is 3.00. The molecule has 0 radical (unpaired) electrons. The van der Waals surface area contributed by atoms with Crippen molar-refractivity contribution in [1.82, 2.24) is 14.5 Å². The first-order valence-corrected chi connectivity index (χ1v) is 17.7. The number of nitrogens with zero attached hydrogens (tertiary/aromatic N) is 4. The van der Waals surface area contributed by atoms with E-state index < -0.39 is 15.8 Å². The molecule has 0 spiro atoms. The minimum atomic E-state index is -3.14. The highest BCUT2D eigenvalue weighted by Gasteiger charge is 2.35. The van der Waals surface area contributed by atoms with Gasteiger partial charge >= 0.3 is 0 Å². The molecular formula is C32H44F2N6O3S. The van der Waals surface area contributed by atoms with Gasteiger partial charge < -0.3 is 16.0 Å². The summed E-state index contributed by atoms with van der Waals surface area (Å²) >= 11 is 0. The third kappa shape index (κ3) is 7.56. The number of benzene rings is 1. The minimum Gasteiger partial charge on any atom is -0.365 e. The number of halogens is 2. The Morgan fingerprint density at radius 2 is 1.70 bits per heavy atom. The topological polar surface area (TPSA) is 123 Å². The minimum absolute atomic E-state index is 0.00902. The molecular weight excluding hydrogens is 586 g/mol. The predicted octanol–water partition coefficient (Wildman–Crippen LogP) is 5.39. The summed E-state index contributed by atoms with van der Waals surface area (Å²) < 4.78 is 57.0. The van der Waals surface area contributed by atoms with Gasteiger partial charge in [-0.25, -0.2) is 27.2 Å². The van der Waals surface area contributed by atoms with Crippen LogP contribution >= 0.6 is 0 Å². The molecule has 2 aromatic heterocycles. The lowest BCUT2D eigenvalue weighted by Crippen LogP contribution is -2.43. The molecule has 240 valence electrons. The van der Waals surface area contributed by atoms with Crippen LogP contribution in [0.1, 0.15) is 81.9 Å². The van der Waals surface area contributed by atoms with Crippen LogP contribution in [-0.4, -0.2) is 54.1 Å². The molecule has 44 heavy (non-hydrogen) atoms. The second kappa shape index (κ2) is 13.9. The number of rotatable bonds is 2. The summed E-state index contributed by atoms with van der Waals surface area (Å²) in [6.07, 6.45) is 8.53. The molecule has 5 rings (SSSR count). The van der Waals surface area contributed by atoms with Crippen LogP contribution in [0.3, 0.4) is 0 Å². The Morgan fingerprint density at radius 1 is 1.00 bits per heavy atom. The fraction of sp³-hybridized carbons (Fsp3) is 0.594. The van der Waals surface area contributed by atoms with Gasteiger partial charge in [0, 0.05) is 37.7 Å². The number of hydrogen-bond donors (Lipinski definition) is 2. The fourth-order valence-corrected chi connectivity index (χ4v) is 7.57.